The van der Waals surface area contributed by atoms with E-state index in [1.807, 2.05) is 31.2 Å². The van der Waals surface area contributed by atoms with Crippen molar-refractivity contribution in [3.8, 4) is 0 Å². The number of nitrogens with zero attached hydrogens (tertiary/aromatic N) is 1. The molecule has 1 atom stereocenters. The first-order chi connectivity index (χ1) is 12.5. The van der Waals surface area contributed by atoms with Gasteiger partial charge in [-0.3, -0.25) is 9.59 Å². The van der Waals surface area contributed by atoms with Crippen LogP contribution in [-0.2, 0) is 27.4 Å². The highest BCUT2D eigenvalue weighted by Gasteiger charge is 2.33. The summed E-state index contributed by atoms with van der Waals surface area (Å²) in [6.45, 7) is 2.47. The minimum Gasteiger partial charge on any atom is -0.369 e. The van der Waals surface area contributed by atoms with Crippen LogP contribution in [0.15, 0.2) is 48.5 Å². The molecule has 2 aromatic rings. The molecule has 5 nitrogen and oxygen atoms in total. The standard InChI is InChI=1S/C20H21FN2O3/c1-14-6-8-15(9-7-14)11-23-18(12-26-13-19(23)24)20(25)22-10-16-4-2-3-5-17(16)21/h2-9,18H,10-13H2,1H3,(H,22,25)/t18-/m0/s1. The second-order valence-corrected chi connectivity index (χ2v) is 6.35. The summed E-state index contributed by atoms with van der Waals surface area (Å²) in [7, 11) is 0. The van der Waals surface area contributed by atoms with Crippen molar-refractivity contribution < 1.29 is 18.7 Å². The molecular weight excluding hydrogens is 335 g/mol. The average molecular weight is 356 g/mol. The number of amides is 2. The Balaban J connectivity index is 1.68. The molecule has 1 saturated heterocycles. The minimum absolute atomic E-state index is 0.0387. The molecule has 0 aliphatic carbocycles. The zero-order valence-electron chi connectivity index (χ0n) is 14.6. The lowest BCUT2D eigenvalue weighted by Crippen LogP contribution is -2.55. The molecule has 1 heterocycles. The van der Waals surface area contributed by atoms with E-state index in [4.69, 9.17) is 4.74 Å². The number of morpholine rings is 1. The van der Waals surface area contributed by atoms with Crippen LogP contribution >= 0.6 is 0 Å². The van der Waals surface area contributed by atoms with Crippen LogP contribution in [0.2, 0.25) is 0 Å². The van der Waals surface area contributed by atoms with Crippen molar-refractivity contribution in [2.24, 2.45) is 0 Å². The van der Waals surface area contributed by atoms with Crippen LogP contribution in [0.4, 0.5) is 4.39 Å². The highest BCUT2D eigenvalue weighted by molar-refractivity contribution is 5.89. The number of nitrogens with one attached hydrogen (secondary N) is 1. The lowest BCUT2D eigenvalue weighted by Gasteiger charge is -2.34. The zero-order valence-corrected chi connectivity index (χ0v) is 14.6. The molecule has 6 heteroatoms. The van der Waals surface area contributed by atoms with Crippen molar-refractivity contribution in [2.45, 2.75) is 26.1 Å². The van der Waals surface area contributed by atoms with E-state index in [2.05, 4.69) is 5.32 Å². The lowest BCUT2D eigenvalue weighted by atomic mass is 10.1. The molecule has 2 aromatic carbocycles. The van der Waals surface area contributed by atoms with E-state index in [1.54, 1.807) is 18.2 Å². The molecule has 0 spiro atoms. The predicted octanol–water partition coefficient (Wildman–Crippen LogP) is 2.18. The van der Waals surface area contributed by atoms with Gasteiger partial charge in [0.25, 0.3) is 0 Å². The van der Waals surface area contributed by atoms with Crippen molar-refractivity contribution >= 4 is 11.8 Å². The van der Waals surface area contributed by atoms with Gasteiger partial charge in [0, 0.05) is 18.7 Å². The number of halogens is 1. The molecule has 1 aliphatic heterocycles. The number of carbonyl (C=O) groups is 2. The summed E-state index contributed by atoms with van der Waals surface area (Å²) >= 11 is 0. The highest BCUT2D eigenvalue weighted by Crippen LogP contribution is 2.15. The van der Waals surface area contributed by atoms with Crippen molar-refractivity contribution in [1.29, 1.82) is 0 Å². The molecule has 0 unspecified atom stereocenters. The molecule has 1 aliphatic rings. The van der Waals surface area contributed by atoms with Gasteiger partial charge in [-0.1, -0.05) is 48.0 Å². The fourth-order valence-corrected chi connectivity index (χ4v) is 2.85. The first kappa shape index (κ1) is 18.1. The number of benzene rings is 2. The Morgan fingerprint density at radius 2 is 1.96 bits per heavy atom. The third-order valence-electron chi connectivity index (χ3n) is 4.38. The van der Waals surface area contributed by atoms with Crippen molar-refractivity contribution in [1.82, 2.24) is 10.2 Å². The van der Waals surface area contributed by atoms with Crippen molar-refractivity contribution in [3.05, 3.63) is 71.0 Å². The van der Waals surface area contributed by atoms with Gasteiger partial charge in [0.05, 0.1) is 6.61 Å². The average Bonchev–Trinajstić information content (AvgIpc) is 2.64. The van der Waals surface area contributed by atoms with Gasteiger partial charge in [-0.25, -0.2) is 4.39 Å². The fourth-order valence-electron chi connectivity index (χ4n) is 2.85. The molecular formula is C20H21FN2O3. The Hall–Kier alpha value is -2.73. The van der Waals surface area contributed by atoms with E-state index in [0.717, 1.165) is 11.1 Å². The van der Waals surface area contributed by atoms with Crippen LogP contribution in [0.3, 0.4) is 0 Å². The van der Waals surface area contributed by atoms with Gasteiger partial charge in [0.1, 0.15) is 18.5 Å². The largest absolute Gasteiger partial charge is 0.369 e. The second-order valence-electron chi connectivity index (χ2n) is 6.35. The van der Waals surface area contributed by atoms with Crippen LogP contribution in [0.1, 0.15) is 16.7 Å². The summed E-state index contributed by atoms with van der Waals surface area (Å²) in [4.78, 5) is 26.4. The molecule has 3 rings (SSSR count). The van der Waals surface area contributed by atoms with E-state index in [1.165, 1.54) is 11.0 Å². The smallest absolute Gasteiger partial charge is 0.249 e. The van der Waals surface area contributed by atoms with Gasteiger partial charge in [-0.15, -0.1) is 0 Å². The second kappa shape index (κ2) is 8.10. The van der Waals surface area contributed by atoms with Gasteiger partial charge in [0.2, 0.25) is 11.8 Å². The Morgan fingerprint density at radius 3 is 2.69 bits per heavy atom. The highest BCUT2D eigenvalue weighted by atomic mass is 19.1. The summed E-state index contributed by atoms with van der Waals surface area (Å²) in [6.07, 6.45) is 0. The normalized spacial score (nSPS) is 17.2. The summed E-state index contributed by atoms with van der Waals surface area (Å²) in [5.41, 5.74) is 2.47. The first-order valence-electron chi connectivity index (χ1n) is 8.48. The Morgan fingerprint density at radius 1 is 1.23 bits per heavy atom. The fraction of sp³-hybridized carbons (Fsp3) is 0.300. The van der Waals surface area contributed by atoms with Crippen LogP contribution in [-0.4, -0.2) is 36.0 Å². The third-order valence-corrected chi connectivity index (χ3v) is 4.38. The van der Waals surface area contributed by atoms with E-state index in [0.29, 0.717) is 12.1 Å². The summed E-state index contributed by atoms with van der Waals surface area (Å²) in [6, 6.07) is 13.3. The predicted molar refractivity (Wildman–Crippen MR) is 94.6 cm³/mol. The van der Waals surface area contributed by atoms with E-state index in [9.17, 15) is 14.0 Å². The van der Waals surface area contributed by atoms with Crippen LogP contribution < -0.4 is 5.32 Å². The molecule has 2 amide bonds. The monoisotopic (exact) mass is 356 g/mol. The van der Waals surface area contributed by atoms with Gasteiger partial charge in [0.15, 0.2) is 0 Å². The molecule has 136 valence electrons. The maximum atomic E-state index is 13.7. The number of hydrogen-bond donors (Lipinski definition) is 1. The number of carbonyl (C=O) groups excluding carboxylic acids is 2. The summed E-state index contributed by atoms with van der Waals surface area (Å²) in [5.74, 6) is -0.962. The molecule has 1 fully saturated rings. The van der Waals surface area contributed by atoms with Crippen molar-refractivity contribution in [2.75, 3.05) is 13.2 Å². The van der Waals surface area contributed by atoms with Gasteiger partial charge < -0.3 is 15.0 Å². The Labute approximate surface area is 151 Å². The van der Waals surface area contributed by atoms with E-state index in [-0.39, 0.29) is 37.4 Å². The van der Waals surface area contributed by atoms with Crippen LogP contribution in [0, 0.1) is 12.7 Å². The number of ether oxygens (including phenoxy) is 1. The van der Waals surface area contributed by atoms with E-state index >= 15 is 0 Å². The van der Waals surface area contributed by atoms with E-state index < -0.39 is 6.04 Å². The Bertz CT molecular complexity index is 792. The van der Waals surface area contributed by atoms with Gasteiger partial charge in [-0.2, -0.15) is 0 Å². The quantitative estimate of drug-likeness (QED) is 0.893. The lowest BCUT2D eigenvalue weighted by molar-refractivity contribution is -0.155. The molecule has 0 bridgehead atoms. The summed E-state index contributed by atoms with van der Waals surface area (Å²) in [5, 5.41) is 2.70. The van der Waals surface area contributed by atoms with Crippen molar-refractivity contribution in [3.63, 3.8) is 0 Å². The third kappa shape index (κ3) is 4.26. The SMILES string of the molecule is Cc1ccc(CN2C(=O)COC[C@H]2C(=O)NCc2ccccc2F)cc1. The number of aryl methyl sites for hydroxylation is 1. The van der Waals surface area contributed by atoms with Gasteiger partial charge >= 0.3 is 0 Å². The maximum Gasteiger partial charge on any atom is 0.249 e. The zero-order chi connectivity index (χ0) is 18.5. The first-order valence-corrected chi connectivity index (χ1v) is 8.48. The topological polar surface area (TPSA) is 58.6 Å². The van der Waals surface area contributed by atoms with Crippen LogP contribution in [0.25, 0.3) is 0 Å². The minimum atomic E-state index is -0.732. The van der Waals surface area contributed by atoms with Gasteiger partial charge in [-0.05, 0) is 18.6 Å². The summed E-state index contributed by atoms with van der Waals surface area (Å²) < 4.78 is 19.0. The molecule has 0 saturated carbocycles. The molecule has 0 radical (unpaired) electrons. The maximum absolute atomic E-state index is 13.7. The van der Waals surface area contributed by atoms with Crippen LogP contribution in [0.5, 0.6) is 0 Å². The molecule has 1 N–H and O–H groups in total. The Kier molecular flexibility index (Phi) is 5.63. The number of hydrogen-bond acceptors (Lipinski definition) is 3. The number of rotatable bonds is 5. The molecule has 0 aromatic heterocycles. The molecule has 26 heavy (non-hydrogen) atoms.